The number of rotatable bonds is 4. The van der Waals surface area contributed by atoms with Crippen LogP contribution < -0.4 is 10.6 Å². The first kappa shape index (κ1) is 18.6. The Hall–Kier alpha value is -2.22. The van der Waals surface area contributed by atoms with E-state index in [1.807, 2.05) is 35.1 Å². The minimum atomic E-state index is -0.289. The maximum absolute atomic E-state index is 12.3. The van der Waals surface area contributed by atoms with Gasteiger partial charge < -0.3 is 5.32 Å². The lowest BCUT2D eigenvalue weighted by atomic mass is 10.1. The third kappa shape index (κ3) is 4.91. The second kappa shape index (κ2) is 8.44. The predicted molar refractivity (Wildman–Crippen MR) is 111 cm³/mol. The van der Waals surface area contributed by atoms with E-state index in [4.69, 9.17) is 23.8 Å². The summed E-state index contributed by atoms with van der Waals surface area (Å²) >= 11 is 14.6. The molecule has 0 fully saturated rings. The molecular weight excluding hydrogens is 436 g/mol. The van der Waals surface area contributed by atoms with Crippen molar-refractivity contribution in [3.63, 3.8) is 0 Å². The Morgan fingerprint density at radius 3 is 2.58 bits per heavy atom. The van der Waals surface area contributed by atoms with E-state index in [1.165, 1.54) is 0 Å². The number of amides is 1. The predicted octanol–water partition coefficient (Wildman–Crippen LogP) is 4.47. The Kier molecular flexibility index (Phi) is 6.03. The van der Waals surface area contributed by atoms with Gasteiger partial charge in [0.25, 0.3) is 5.91 Å². The van der Waals surface area contributed by atoms with Crippen molar-refractivity contribution in [1.29, 1.82) is 0 Å². The molecule has 0 radical (unpaired) electrons. The number of aromatic nitrogens is 2. The number of para-hydroxylation sites is 1. The Labute approximate surface area is 169 Å². The molecule has 0 atom stereocenters. The molecule has 3 rings (SSSR count). The average Bonchev–Trinajstić information content (AvgIpc) is 3.02. The van der Waals surface area contributed by atoms with Crippen LogP contribution in [0.4, 0.5) is 5.69 Å². The third-order valence-electron chi connectivity index (χ3n) is 3.51. The fourth-order valence-corrected chi connectivity index (χ4v) is 2.98. The summed E-state index contributed by atoms with van der Waals surface area (Å²) < 4.78 is 2.73. The maximum Gasteiger partial charge on any atom is 0.257 e. The van der Waals surface area contributed by atoms with Gasteiger partial charge in [0.05, 0.1) is 27.9 Å². The lowest BCUT2D eigenvalue weighted by Gasteiger charge is -2.11. The summed E-state index contributed by atoms with van der Waals surface area (Å²) in [6, 6.07) is 14.4. The van der Waals surface area contributed by atoms with Gasteiger partial charge in [-0.2, -0.15) is 5.10 Å². The minimum absolute atomic E-state index is 0.188. The van der Waals surface area contributed by atoms with Crippen molar-refractivity contribution in [1.82, 2.24) is 15.1 Å². The summed E-state index contributed by atoms with van der Waals surface area (Å²) in [7, 11) is 0. The van der Waals surface area contributed by atoms with E-state index in [2.05, 4.69) is 31.7 Å². The van der Waals surface area contributed by atoms with Crippen LogP contribution in [0.1, 0.15) is 15.9 Å². The first-order valence-corrected chi connectivity index (χ1v) is 9.23. The molecule has 0 unspecified atom stereocenters. The highest BCUT2D eigenvalue weighted by molar-refractivity contribution is 9.10. The third-order valence-corrected chi connectivity index (χ3v) is 4.45. The summed E-state index contributed by atoms with van der Waals surface area (Å²) in [5.41, 5.74) is 2.19. The number of anilines is 1. The number of nitrogens with one attached hydrogen (secondary N) is 2. The van der Waals surface area contributed by atoms with Gasteiger partial charge in [-0.15, -0.1) is 0 Å². The SMILES string of the molecule is O=C(NC(=S)Nc1ccccc1Cl)c1ccc(Cn2cc(Br)cn2)cc1. The van der Waals surface area contributed by atoms with Crippen LogP contribution in [-0.4, -0.2) is 20.8 Å². The molecule has 26 heavy (non-hydrogen) atoms. The van der Waals surface area contributed by atoms with Crippen LogP contribution in [-0.2, 0) is 6.54 Å². The Balaban J connectivity index is 1.59. The van der Waals surface area contributed by atoms with Crippen LogP contribution in [0.25, 0.3) is 0 Å². The fourth-order valence-electron chi connectivity index (χ4n) is 2.26. The van der Waals surface area contributed by atoms with Crippen molar-refractivity contribution in [2.75, 3.05) is 5.32 Å². The monoisotopic (exact) mass is 448 g/mol. The lowest BCUT2D eigenvalue weighted by molar-refractivity contribution is 0.0977. The van der Waals surface area contributed by atoms with E-state index in [9.17, 15) is 4.79 Å². The highest BCUT2D eigenvalue weighted by Crippen LogP contribution is 2.20. The molecule has 1 aromatic heterocycles. The summed E-state index contributed by atoms with van der Waals surface area (Å²) in [5, 5.41) is 10.5. The van der Waals surface area contributed by atoms with Gasteiger partial charge in [-0.1, -0.05) is 35.9 Å². The van der Waals surface area contributed by atoms with Crippen molar-refractivity contribution >= 4 is 56.5 Å². The number of thiocarbonyl (C=S) groups is 1. The molecule has 8 heteroatoms. The molecule has 3 aromatic rings. The average molecular weight is 450 g/mol. The molecule has 1 heterocycles. The molecule has 2 aromatic carbocycles. The van der Waals surface area contributed by atoms with Gasteiger partial charge in [0.15, 0.2) is 5.11 Å². The van der Waals surface area contributed by atoms with Gasteiger partial charge >= 0.3 is 0 Å². The van der Waals surface area contributed by atoms with Crippen LogP contribution in [0, 0.1) is 0 Å². The molecule has 0 saturated heterocycles. The van der Waals surface area contributed by atoms with Crippen LogP contribution in [0.2, 0.25) is 5.02 Å². The van der Waals surface area contributed by atoms with Crippen molar-refractivity contribution in [2.45, 2.75) is 6.54 Å². The molecule has 2 N–H and O–H groups in total. The molecule has 0 bridgehead atoms. The zero-order valence-electron chi connectivity index (χ0n) is 13.4. The highest BCUT2D eigenvalue weighted by Gasteiger charge is 2.09. The molecule has 132 valence electrons. The molecule has 1 amide bonds. The first-order valence-electron chi connectivity index (χ1n) is 7.65. The van der Waals surface area contributed by atoms with E-state index in [0.29, 0.717) is 22.8 Å². The van der Waals surface area contributed by atoms with Crippen molar-refractivity contribution in [2.24, 2.45) is 0 Å². The normalized spacial score (nSPS) is 10.4. The summed E-state index contributed by atoms with van der Waals surface area (Å²) in [5.74, 6) is -0.289. The quantitative estimate of drug-likeness (QED) is 0.577. The Morgan fingerprint density at radius 2 is 1.92 bits per heavy atom. The zero-order chi connectivity index (χ0) is 18.5. The smallest absolute Gasteiger partial charge is 0.257 e. The lowest BCUT2D eigenvalue weighted by Crippen LogP contribution is -2.34. The van der Waals surface area contributed by atoms with Gasteiger partial charge in [0.1, 0.15) is 0 Å². The van der Waals surface area contributed by atoms with Crippen molar-refractivity contribution < 1.29 is 4.79 Å². The number of hydrogen-bond acceptors (Lipinski definition) is 3. The Morgan fingerprint density at radius 1 is 1.19 bits per heavy atom. The standard InChI is InChI=1S/C18H14BrClN4OS/c19-14-9-21-24(11-14)10-12-5-7-13(8-6-12)17(25)23-18(26)22-16-4-2-1-3-15(16)20/h1-9,11H,10H2,(H2,22,23,25,26). The molecule has 0 aliphatic carbocycles. The highest BCUT2D eigenvalue weighted by atomic mass is 79.9. The summed E-state index contributed by atoms with van der Waals surface area (Å²) in [4.78, 5) is 12.3. The second-order valence-electron chi connectivity index (χ2n) is 5.44. The van der Waals surface area contributed by atoms with E-state index in [-0.39, 0.29) is 11.0 Å². The number of benzene rings is 2. The van der Waals surface area contributed by atoms with Gasteiger partial charge in [-0.25, -0.2) is 0 Å². The van der Waals surface area contributed by atoms with Crippen LogP contribution in [0.5, 0.6) is 0 Å². The van der Waals surface area contributed by atoms with E-state index >= 15 is 0 Å². The number of halogens is 2. The van der Waals surface area contributed by atoms with Gasteiger partial charge in [-0.05, 0) is 58.0 Å². The van der Waals surface area contributed by atoms with Crippen LogP contribution in [0.15, 0.2) is 65.4 Å². The number of nitrogens with zero attached hydrogens (tertiary/aromatic N) is 2. The zero-order valence-corrected chi connectivity index (χ0v) is 16.6. The number of hydrogen-bond donors (Lipinski definition) is 2. The number of carbonyl (C=O) groups excluding carboxylic acids is 1. The van der Waals surface area contributed by atoms with Crippen LogP contribution >= 0.6 is 39.7 Å². The largest absolute Gasteiger partial charge is 0.331 e. The molecular formula is C18H14BrClN4OS. The minimum Gasteiger partial charge on any atom is -0.331 e. The van der Waals surface area contributed by atoms with Gasteiger partial charge in [-0.3, -0.25) is 14.8 Å². The van der Waals surface area contributed by atoms with Gasteiger partial charge in [0, 0.05) is 11.8 Å². The van der Waals surface area contributed by atoms with Crippen molar-refractivity contribution in [3.05, 3.63) is 81.5 Å². The molecule has 0 spiro atoms. The second-order valence-corrected chi connectivity index (χ2v) is 7.17. The topological polar surface area (TPSA) is 59.0 Å². The summed E-state index contributed by atoms with van der Waals surface area (Å²) in [6.07, 6.45) is 3.62. The van der Waals surface area contributed by atoms with Crippen LogP contribution in [0.3, 0.4) is 0 Å². The van der Waals surface area contributed by atoms with E-state index in [1.54, 1.807) is 30.5 Å². The molecule has 5 nitrogen and oxygen atoms in total. The summed E-state index contributed by atoms with van der Waals surface area (Å²) in [6.45, 7) is 0.625. The molecule has 0 aliphatic heterocycles. The van der Waals surface area contributed by atoms with E-state index in [0.717, 1.165) is 10.0 Å². The van der Waals surface area contributed by atoms with Gasteiger partial charge in [0.2, 0.25) is 0 Å². The fraction of sp³-hybridized carbons (Fsp3) is 0.0556. The maximum atomic E-state index is 12.3. The molecule has 0 saturated carbocycles. The van der Waals surface area contributed by atoms with E-state index < -0.39 is 0 Å². The molecule has 0 aliphatic rings. The number of carbonyl (C=O) groups is 1. The first-order chi connectivity index (χ1) is 12.5. The Bertz CT molecular complexity index is 942. The van der Waals surface area contributed by atoms with Crippen molar-refractivity contribution in [3.8, 4) is 0 Å².